The molecule has 0 aliphatic rings. The summed E-state index contributed by atoms with van der Waals surface area (Å²) in [5.74, 6) is 0. The van der Waals surface area contributed by atoms with Crippen LogP contribution in [0.15, 0.2) is 35.1 Å². The minimum atomic E-state index is 0.244. The van der Waals surface area contributed by atoms with E-state index in [1.165, 1.54) is 11.4 Å². The Morgan fingerprint density at radius 3 is 2.40 bits per heavy atom. The average Bonchev–Trinajstić information content (AvgIpc) is 2.82. The van der Waals surface area contributed by atoms with Gasteiger partial charge in [-0.3, -0.25) is 4.68 Å². The first-order chi connectivity index (χ1) is 7.18. The zero-order valence-electron chi connectivity index (χ0n) is 9.32. The van der Waals surface area contributed by atoms with E-state index in [0.717, 1.165) is 5.56 Å². The number of nitrogens with zero attached hydrogens (tertiary/aromatic N) is 1. The van der Waals surface area contributed by atoms with Crippen molar-refractivity contribution in [1.82, 2.24) is 4.68 Å². The third kappa shape index (κ3) is 1.91. The van der Waals surface area contributed by atoms with Crippen LogP contribution in [0.4, 0.5) is 0 Å². The van der Waals surface area contributed by atoms with Gasteiger partial charge < -0.3 is 9.84 Å². The molecule has 3 heteroatoms. The van der Waals surface area contributed by atoms with Gasteiger partial charge in [0.2, 0.25) is 0 Å². The van der Waals surface area contributed by atoms with Gasteiger partial charge in [-0.1, -0.05) is 0 Å². The molecule has 0 radical (unpaired) electrons. The van der Waals surface area contributed by atoms with E-state index < -0.39 is 0 Å². The van der Waals surface area contributed by atoms with Gasteiger partial charge in [0.05, 0.1) is 18.6 Å². The van der Waals surface area contributed by atoms with E-state index in [-0.39, 0.29) is 6.04 Å². The smallest absolute Gasteiger partial charge is 0.0955 e. The van der Waals surface area contributed by atoms with Crippen molar-refractivity contribution in [3.8, 4) is 0 Å². The first kappa shape index (κ1) is 9.90. The Morgan fingerprint density at radius 1 is 1.20 bits per heavy atom. The maximum Gasteiger partial charge on any atom is 0.0955 e. The van der Waals surface area contributed by atoms with E-state index in [9.17, 15) is 0 Å². The van der Waals surface area contributed by atoms with Gasteiger partial charge in [0, 0.05) is 17.0 Å². The largest absolute Gasteiger partial charge is 0.472 e. The number of hydrogen-bond acceptors (Lipinski definition) is 2. The van der Waals surface area contributed by atoms with Gasteiger partial charge in [0.25, 0.3) is 0 Å². The second-order valence-corrected chi connectivity index (χ2v) is 3.86. The standard InChI is InChI=1S/C12H16N2O/c1-9-4-5-10(2)14(9)13-11(3)12-6-7-15-8-12/h4-8,11,13H,1-3H3. The Morgan fingerprint density at radius 2 is 1.87 bits per heavy atom. The van der Waals surface area contributed by atoms with E-state index >= 15 is 0 Å². The van der Waals surface area contributed by atoms with Crippen molar-refractivity contribution < 1.29 is 4.42 Å². The molecule has 1 N–H and O–H groups in total. The Bertz CT molecular complexity index is 409. The van der Waals surface area contributed by atoms with E-state index in [1.807, 2.05) is 6.07 Å². The van der Waals surface area contributed by atoms with Gasteiger partial charge in [0.1, 0.15) is 0 Å². The molecule has 0 saturated carbocycles. The highest BCUT2D eigenvalue weighted by molar-refractivity contribution is 5.19. The maximum absolute atomic E-state index is 5.07. The number of hydrogen-bond donors (Lipinski definition) is 1. The van der Waals surface area contributed by atoms with Crippen LogP contribution in [0.1, 0.15) is 29.9 Å². The molecule has 2 rings (SSSR count). The van der Waals surface area contributed by atoms with E-state index in [4.69, 9.17) is 4.42 Å². The zero-order valence-corrected chi connectivity index (χ0v) is 9.32. The van der Waals surface area contributed by atoms with Gasteiger partial charge >= 0.3 is 0 Å². The summed E-state index contributed by atoms with van der Waals surface area (Å²) in [6.07, 6.45) is 3.47. The van der Waals surface area contributed by atoms with E-state index in [1.54, 1.807) is 12.5 Å². The van der Waals surface area contributed by atoms with Gasteiger partial charge in [0.15, 0.2) is 0 Å². The molecule has 3 nitrogen and oxygen atoms in total. The van der Waals surface area contributed by atoms with E-state index in [0.29, 0.717) is 0 Å². The van der Waals surface area contributed by atoms with Crippen LogP contribution in [0, 0.1) is 13.8 Å². The lowest BCUT2D eigenvalue weighted by Gasteiger charge is -2.18. The summed E-state index contributed by atoms with van der Waals surface area (Å²) in [6.45, 7) is 6.29. The zero-order chi connectivity index (χ0) is 10.8. The summed E-state index contributed by atoms with van der Waals surface area (Å²) in [6, 6.07) is 6.43. The van der Waals surface area contributed by atoms with E-state index in [2.05, 4.69) is 43.0 Å². The first-order valence-corrected chi connectivity index (χ1v) is 5.12. The highest BCUT2D eigenvalue weighted by atomic mass is 16.3. The Balaban J connectivity index is 2.16. The number of rotatable bonds is 3. The van der Waals surface area contributed by atoms with Crippen molar-refractivity contribution in [2.45, 2.75) is 26.8 Å². The highest BCUT2D eigenvalue weighted by Gasteiger charge is 2.08. The second kappa shape index (κ2) is 3.85. The normalized spacial score (nSPS) is 12.7. The fourth-order valence-corrected chi connectivity index (χ4v) is 1.66. The van der Waals surface area contributed by atoms with Crippen LogP contribution in [0.3, 0.4) is 0 Å². The van der Waals surface area contributed by atoms with Crippen LogP contribution in [0.25, 0.3) is 0 Å². The predicted octanol–water partition coefficient (Wildman–Crippen LogP) is 3.00. The fourth-order valence-electron chi connectivity index (χ4n) is 1.66. The van der Waals surface area contributed by atoms with Crippen LogP contribution in [0.5, 0.6) is 0 Å². The molecule has 0 bridgehead atoms. The second-order valence-electron chi connectivity index (χ2n) is 3.86. The molecule has 0 aliphatic heterocycles. The fraction of sp³-hybridized carbons (Fsp3) is 0.333. The van der Waals surface area contributed by atoms with Crippen molar-refractivity contribution in [3.05, 3.63) is 47.7 Å². The van der Waals surface area contributed by atoms with Gasteiger partial charge in [-0.25, -0.2) is 0 Å². The van der Waals surface area contributed by atoms with Crippen molar-refractivity contribution in [2.24, 2.45) is 0 Å². The quantitative estimate of drug-likeness (QED) is 0.833. The Hall–Kier alpha value is -1.64. The predicted molar refractivity (Wildman–Crippen MR) is 60.4 cm³/mol. The number of aromatic nitrogens is 1. The number of nitrogens with one attached hydrogen (secondary N) is 1. The summed E-state index contributed by atoms with van der Waals surface area (Å²) >= 11 is 0. The lowest BCUT2D eigenvalue weighted by molar-refractivity contribution is 0.559. The Labute approximate surface area is 89.7 Å². The molecule has 0 spiro atoms. The highest BCUT2D eigenvalue weighted by Crippen LogP contribution is 2.15. The van der Waals surface area contributed by atoms with Gasteiger partial charge in [-0.05, 0) is 39.0 Å². The molecule has 0 saturated heterocycles. The lowest BCUT2D eigenvalue weighted by atomic mass is 10.2. The average molecular weight is 204 g/mol. The third-order valence-electron chi connectivity index (χ3n) is 2.64. The van der Waals surface area contributed by atoms with Gasteiger partial charge in [-0.2, -0.15) is 0 Å². The molecule has 2 aromatic heterocycles. The number of aryl methyl sites for hydroxylation is 2. The summed E-state index contributed by atoms with van der Waals surface area (Å²) in [4.78, 5) is 0. The molecule has 15 heavy (non-hydrogen) atoms. The molecule has 0 fully saturated rings. The molecule has 2 aromatic rings. The molecule has 0 amide bonds. The summed E-state index contributed by atoms with van der Waals surface area (Å²) in [7, 11) is 0. The lowest BCUT2D eigenvalue weighted by Crippen LogP contribution is -2.20. The molecule has 80 valence electrons. The maximum atomic E-state index is 5.07. The topological polar surface area (TPSA) is 30.1 Å². The monoisotopic (exact) mass is 204 g/mol. The van der Waals surface area contributed by atoms with Crippen LogP contribution in [0.2, 0.25) is 0 Å². The van der Waals surface area contributed by atoms with Crippen molar-refractivity contribution in [2.75, 3.05) is 5.43 Å². The number of furan rings is 1. The Kier molecular flexibility index (Phi) is 2.54. The summed E-state index contributed by atoms with van der Waals surface area (Å²) < 4.78 is 7.16. The third-order valence-corrected chi connectivity index (χ3v) is 2.64. The molecule has 0 aliphatic carbocycles. The van der Waals surface area contributed by atoms with Crippen molar-refractivity contribution in [3.63, 3.8) is 0 Å². The summed E-state index contributed by atoms with van der Waals surface area (Å²) in [5, 5.41) is 0. The molecule has 1 unspecified atom stereocenters. The van der Waals surface area contributed by atoms with Crippen molar-refractivity contribution >= 4 is 0 Å². The molecule has 2 heterocycles. The van der Waals surface area contributed by atoms with Crippen LogP contribution in [-0.4, -0.2) is 4.68 Å². The van der Waals surface area contributed by atoms with Gasteiger partial charge in [-0.15, -0.1) is 0 Å². The molecule has 0 aromatic carbocycles. The van der Waals surface area contributed by atoms with Crippen molar-refractivity contribution in [1.29, 1.82) is 0 Å². The van der Waals surface area contributed by atoms with Crippen LogP contribution in [-0.2, 0) is 0 Å². The summed E-state index contributed by atoms with van der Waals surface area (Å²) in [5.41, 5.74) is 6.99. The molecular weight excluding hydrogens is 188 g/mol. The minimum absolute atomic E-state index is 0.244. The molecule has 1 atom stereocenters. The minimum Gasteiger partial charge on any atom is -0.472 e. The molecular formula is C12H16N2O. The van der Waals surface area contributed by atoms with Crippen LogP contribution >= 0.6 is 0 Å². The van der Waals surface area contributed by atoms with Crippen LogP contribution < -0.4 is 5.43 Å². The SMILES string of the molecule is Cc1ccc(C)n1NC(C)c1ccoc1. The first-order valence-electron chi connectivity index (χ1n) is 5.12.